The Labute approximate surface area is 138 Å². The maximum atomic E-state index is 12.4. The van der Waals surface area contributed by atoms with E-state index in [1.54, 1.807) is 0 Å². The Kier molecular flexibility index (Phi) is 5.16. The molecule has 0 aliphatic heterocycles. The van der Waals surface area contributed by atoms with Crippen LogP contribution in [0.3, 0.4) is 0 Å². The monoisotopic (exact) mass is 343 g/mol. The number of hydrogen-bond acceptors (Lipinski definition) is 5. The van der Waals surface area contributed by atoms with Gasteiger partial charge in [0.05, 0.1) is 0 Å². The minimum atomic E-state index is -0.750. The molecule has 0 spiro atoms. The van der Waals surface area contributed by atoms with Gasteiger partial charge in [0.25, 0.3) is 11.5 Å². The molecule has 0 saturated heterocycles. The topological polar surface area (TPSA) is 147 Å². The van der Waals surface area contributed by atoms with Gasteiger partial charge in [0.1, 0.15) is 11.4 Å². The number of fused-ring (bicyclic) bond motifs is 2. The molecule has 1 aromatic heterocycles. The van der Waals surface area contributed by atoms with Crippen molar-refractivity contribution in [3.05, 3.63) is 26.5 Å². The number of amides is 1. The largest absolute Gasteiger partial charge is 0.392 e. The molecule has 8 nitrogen and oxygen atoms in total. The second kappa shape index (κ2) is 6.76. The summed E-state index contributed by atoms with van der Waals surface area (Å²) < 4.78 is 0. The molecule has 2 saturated carbocycles. The minimum Gasteiger partial charge on any atom is -0.392 e. The maximum absolute atomic E-state index is 12.4. The molecule has 2 fully saturated rings. The van der Waals surface area contributed by atoms with E-state index in [1.165, 1.54) is 0 Å². The quantitative estimate of drug-likeness (QED) is 0.500. The minimum absolute atomic E-state index is 0. The number of anilines is 1. The van der Waals surface area contributed by atoms with Crippen molar-refractivity contribution in [2.75, 3.05) is 5.73 Å². The molecule has 9 heteroatoms. The predicted octanol–water partition coefficient (Wildman–Crippen LogP) is -0.297. The number of nitrogen functional groups attached to an aromatic ring is 1. The Morgan fingerprint density at radius 2 is 1.74 bits per heavy atom. The lowest BCUT2D eigenvalue weighted by molar-refractivity contribution is 0.0752. The van der Waals surface area contributed by atoms with Crippen molar-refractivity contribution in [2.45, 2.75) is 44.2 Å². The van der Waals surface area contributed by atoms with Gasteiger partial charge in [0, 0.05) is 12.1 Å². The number of carbonyl (C=O) groups excluding carboxylic acids is 1. The fourth-order valence-corrected chi connectivity index (χ4v) is 3.92. The number of nitrogens with one attached hydrogen (secondary N) is 3. The van der Waals surface area contributed by atoms with Crippen LogP contribution in [0.5, 0.6) is 0 Å². The molecule has 2 aliphatic rings. The van der Waals surface area contributed by atoms with Crippen molar-refractivity contribution in [1.82, 2.24) is 15.3 Å². The van der Waals surface area contributed by atoms with E-state index in [1.807, 2.05) is 4.98 Å². The number of halogens is 1. The Balaban J connectivity index is 0.00000192. The lowest BCUT2D eigenvalue weighted by Gasteiger charge is -2.45. The molecule has 2 atom stereocenters. The van der Waals surface area contributed by atoms with Gasteiger partial charge in [0.2, 0.25) is 0 Å². The van der Waals surface area contributed by atoms with Crippen LogP contribution in [0, 0.1) is 11.8 Å². The molecule has 1 heterocycles. The van der Waals surface area contributed by atoms with E-state index in [0.717, 1.165) is 32.1 Å². The zero-order valence-electron chi connectivity index (χ0n) is 12.6. The van der Waals surface area contributed by atoms with E-state index >= 15 is 0 Å². The first-order valence-electron chi connectivity index (χ1n) is 7.64. The number of H-pyrrole nitrogens is 2. The summed E-state index contributed by atoms with van der Waals surface area (Å²) in [7, 11) is 0. The molecule has 0 aromatic carbocycles. The van der Waals surface area contributed by atoms with Gasteiger partial charge in [-0.2, -0.15) is 0 Å². The molecule has 1 amide bonds. The molecule has 2 unspecified atom stereocenters. The lowest BCUT2D eigenvalue weighted by atomic mass is 9.67. The van der Waals surface area contributed by atoms with Gasteiger partial charge in [-0.25, -0.2) is 4.79 Å². The van der Waals surface area contributed by atoms with Crippen LogP contribution in [0.15, 0.2) is 9.59 Å². The zero-order chi connectivity index (χ0) is 15.9. The number of rotatable bonds is 2. The number of aromatic amines is 2. The van der Waals surface area contributed by atoms with Crippen LogP contribution in [0.2, 0.25) is 0 Å². The number of aromatic nitrogens is 2. The van der Waals surface area contributed by atoms with Crippen LogP contribution in [0.1, 0.15) is 42.6 Å². The Bertz CT molecular complexity index is 686. The first kappa shape index (κ1) is 17.6. The highest BCUT2D eigenvalue weighted by Crippen LogP contribution is 2.39. The molecular weight excluding hydrogens is 322 g/mol. The highest BCUT2D eigenvalue weighted by atomic mass is 35.5. The van der Waals surface area contributed by atoms with Crippen LogP contribution in [0.4, 0.5) is 5.69 Å². The second-order valence-electron chi connectivity index (χ2n) is 6.38. The van der Waals surface area contributed by atoms with Crippen LogP contribution < -0.4 is 28.0 Å². The first-order valence-corrected chi connectivity index (χ1v) is 7.64. The third-order valence-electron chi connectivity index (χ3n) is 4.88. The summed E-state index contributed by atoms with van der Waals surface area (Å²) in [6.07, 6.45) is 5.01. The normalized spacial score (nSPS) is 29.4. The molecule has 2 aliphatic carbocycles. The lowest BCUT2D eigenvalue weighted by Crippen LogP contribution is -2.54. The van der Waals surface area contributed by atoms with E-state index in [-0.39, 0.29) is 35.9 Å². The van der Waals surface area contributed by atoms with Crippen LogP contribution in [-0.2, 0) is 0 Å². The fraction of sp³-hybridized carbons (Fsp3) is 0.643. The fourth-order valence-electron chi connectivity index (χ4n) is 3.92. The average Bonchev–Trinajstić information content (AvgIpc) is 2.43. The predicted molar refractivity (Wildman–Crippen MR) is 88.6 cm³/mol. The molecule has 23 heavy (non-hydrogen) atoms. The van der Waals surface area contributed by atoms with Gasteiger partial charge in [-0.1, -0.05) is 6.42 Å². The highest BCUT2D eigenvalue weighted by molar-refractivity contribution is 5.97. The second-order valence-corrected chi connectivity index (χ2v) is 6.38. The molecule has 7 N–H and O–H groups in total. The van der Waals surface area contributed by atoms with Crippen LogP contribution in [0.25, 0.3) is 0 Å². The van der Waals surface area contributed by atoms with Crippen LogP contribution in [-0.4, -0.2) is 28.0 Å². The van der Waals surface area contributed by atoms with Crippen molar-refractivity contribution in [2.24, 2.45) is 17.6 Å². The summed E-state index contributed by atoms with van der Waals surface area (Å²) in [5, 5.41) is 2.96. The van der Waals surface area contributed by atoms with Crippen molar-refractivity contribution < 1.29 is 4.79 Å². The van der Waals surface area contributed by atoms with Gasteiger partial charge in [-0.15, -0.1) is 12.4 Å². The zero-order valence-corrected chi connectivity index (χ0v) is 13.4. The summed E-state index contributed by atoms with van der Waals surface area (Å²) in [5.41, 5.74) is 9.74. The number of carbonyl (C=O) groups is 1. The molecule has 1 aromatic rings. The third-order valence-corrected chi connectivity index (χ3v) is 4.88. The molecule has 2 bridgehead atoms. The molecular formula is C14H22ClN5O3. The van der Waals surface area contributed by atoms with Crippen molar-refractivity contribution in [3.8, 4) is 0 Å². The van der Waals surface area contributed by atoms with Gasteiger partial charge in [-0.05, 0) is 37.5 Å². The van der Waals surface area contributed by atoms with E-state index in [4.69, 9.17) is 11.5 Å². The summed E-state index contributed by atoms with van der Waals surface area (Å²) in [6, 6.07) is 0.219. The Morgan fingerprint density at radius 1 is 1.13 bits per heavy atom. The summed E-state index contributed by atoms with van der Waals surface area (Å²) in [5.74, 6) is 0.195. The molecule has 128 valence electrons. The maximum Gasteiger partial charge on any atom is 0.326 e. The van der Waals surface area contributed by atoms with Crippen LogP contribution >= 0.6 is 12.4 Å². The Hall–Kier alpha value is -1.80. The summed E-state index contributed by atoms with van der Waals surface area (Å²) in [4.78, 5) is 39.5. The average molecular weight is 344 g/mol. The molecule has 3 rings (SSSR count). The van der Waals surface area contributed by atoms with Gasteiger partial charge >= 0.3 is 5.69 Å². The SMILES string of the molecule is Cl.Nc1c(C(=O)NC2C3CCCC2CC(N)C3)[nH]c(=O)[nH]c1=O. The van der Waals surface area contributed by atoms with E-state index in [0.29, 0.717) is 11.8 Å². The Morgan fingerprint density at radius 3 is 2.35 bits per heavy atom. The van der Waals surface area contributed by atoms with Crippen molar-refractivity contribution >= 4 is 24.0 Å². The highest BCUT2D eigenvalue weighted by Gasteiger charge is 2.40. The number of hydrogen-bond donors (Lipinski definition) is 5. The van der Waals surface area contributed by atoms with Crippen molar-refractivity contribution in [3.63, 3.8) is 0 Å². The summed E-state index contributed by atoms with van der Waals surface area (Å²) >= 11 is 0. The standard InChI is InChI=1S/C14H21N5O3.ClH/c15-8-4-6-2-1-3-7(5-8)10(6)17-13(21)11-9(16)12(20)19-14(22)18-11;/h6-8,10H,1-5,15-16H2,(H,17,21)(H2,18,19,20,22);1H. The number of nitrogens with two attached hydrogens (primary N) is 2. The summed E-state index contributed by atoms with van der Waals surface area (Å²) in [6.45, 7) is 0. The van der Waals surface area contributed by atoms with Crippen molar-refractivity contribution in [1.29, 1.82) is 0 Å². The van der Waals surface area contributed by atoms with Gasteiger partial charge < -0.3 is 21.8 Å². The van der Waals surface area contributed by atoms with E-state index < -0.39 is 17.2 Å². The van der Waals surface area contributed by atoms with Gasteiger partial charge in [-0.3, -0.25) is 14.6 Å². The third kappa shape index (κ3) is 3.42. The first-order chi connectivity index (χ1) is 10.5. The van der Waals surface area contributed by atoms with E-state index in [9.17, 15) is 14.4 Å². The smallest absolute Gasteiger partial charge is 0.326 e. The van der Waals surface area contributed by atoms with E-state index in [2.05, 4.69) is 10.3 Å². The van der Waals surface area contributed by atoms with Gasteiger partial charge in [0.15, 0.2) is 0 Å². The molecule has 0 radical (unpaired) electrons.